The number of nitrogens with one attached hydrogen (secondary N) is 1. The second kappa shape index (κ2) is 10.6. The van der Waals surface area contributed by atoms with Gasteiger partial charge in [0.05, 0.1) is 16.3 Å². The molecule has 1 aromatic heterocycles. The molecule has 3 rings (SSSR count). The molecule has 1 saturated heterocycles. The third kappa shape index (κ3) is 5.97. The number of hydrogen-bond donors (Lipinski definition) is 1. The van der Waals surface area contributed by atoms with Crippen LogP contribution in [-0.2, 0) is 28.5 Å². The number of hydrogen-bond acceptors (Lipinski definition) is 9. The van der Waals surface area contributed by atoms with E-state index in [1.54, 1.807) is 6.92 Å². The maximum absolute atomic E-state index is 12.7. The number of halogens is 1. The van der Waals surface area contributed by atoms with E-state index in [0.29, 0.717) is 16.1 Å². The molecule has 1 aliphatic carbocycles. The van der Waals surface area contributed by atoms with Gasteiger partial charge in [-0.3, -0.25) is 19.5 Å². The lowest BCUT2D eigenvalue weighted by Gasteiger charge is -2.23. The van der Waals surface area contributed by atoms with E-state index in [9.17, 15) is 19.2 Å². The SMILES string of the molecule is CC(=O)O[C@@H]1[C@H](OC(C)=O)[C@@H](C)O[C@H]1n1cc(I)c(NC(=O)OCC2CCCC2)nc1=O. The van der Waals surface area contributed by atoms with Crippen molar-refractivity contribution >= 4 is 46.4 Å². The first-order valence-corrected chi connectivity index (χ1v) is 11.5. The monoisotopic (exact) mass is 563 g/mol. The molecule has 0 bridgehead atoms. The molecule has 1 amide bonds. The third-order valence-electron chi connectivity index (χ3n) is 5.35. The van der Waals surface area contributed by atoms with Crippen LogP contribution >= 0.6 is 22.6 Å². The Morgan fingerprint density at radius 2 is 1.81 bits per heavy atom. The van der Waals surface area contributed by atoms with Crippen LogP contribution < -0.4 is 11.0 Å². The summed E-state index contributed by atoms with van der Waals surface area (Å²) < 4.78 is 23.2. The number of carbonyl (C=O) groups is 3. The van der Waals surface area contributed by atoms with Gasteiger partial charge >= 0.3 is 23.7 Å². The molecule has 0 aromatic carbocycles. The molecule has 32 heavy (non-hydrogen) atoms. The number of ether oxygens (including phenoxy) is 4. The van der Waals surface area contributed by atoms with E-state index < -0.39 is 48.3 Å². The van der Waals surface area contributed by atoms with Gasteiger partial charge in [-0.05, 0) is 48.3 Å². The van der Waals surface area contributed by atoms with Gasteiger partial charge in [0.2, 0.25) is 0 Å². The fraction of sp³-hybridized carbons (Fsp3) is 0.650. The zero-order valence-corrected chi connectivity index (χ0v) is 20.2. The van der Waals surface area contributed by atoms with Crippen LogP contribution in [0.3, 0.4) is 0 Å². The Kier molecular flexibility index (Phi) is 8.09. The highest BCUT2D eigenvalue weighted by Crippen LogP contribution is 2.33. The molecule has 4 atom stereocenters. The molecule has 0 radical (unpaired) electrons. The second-order valence-electron chi connectivity index (χ2n) is 7.88. The minimum absolute atomic E-state index is 0.0508. The number of esters is 2. The fourth-order valence-corrected chi connectivity index (χ4v) is 4.47. The molecule has 11 nitrogen and oxygen atoms in total. The molecule has 1 aromatic rings. The van der Waals surface area contributed by atoms with Crippen LogP contribution in [0.2, 0.25) is 0 Å². The third-order valence-corrected chi connectivity index (χ3v) is 6.14. The topological polar surface area (TPSA) is 135 Å². The first-order valence-electron chi connectivity index (χ1n) is 10.4. The van der Waals surface area contributed by atoms with Crippen LogP contribution in [0.15, 0.2) is 11.0 Å². The van der Waals surface area contributed by atoms with E-state index in [0.717, 1.165) is 30.3 Å². The van der Waals surface area contributed by atoms with Gasteiger partial charge in [0, 0.05) is 20.0 Å². The predicted octanol–water partition coefficient (Wildman–Crippen LogP) is 2.37. The zero-order chi connectivity index (χ0) is 23.4. The highest BCUT2D eigenvalue weighted by atomic mass is 127. The Hall–Kier alpha value is -2.22. The lowest BCUT2D eigenvalue weighted by Crippen LogP contribution is -2.40. The first kappa shape index (κ1) is 24.4. The minimum atomic E-state index is -1.06. The van der Waals surface area contributed by atoms with Gasteiger partial charge in [-0.1, -0.05) is 12.8 Å². The maximum atomic E-state index is 12.7. The molecular weight excluding hydrogens is 537 g/mol. The van der Waals surface area contributed by atoms with Crippen molar-refractivity contribution in [2.45, 2.75) is 71.0 Å². The standard InChI is InChI=1S/C20H26IN3O8/c1-10-15(31-11(2)25)16(32-12(3)26)18(30-10)24-8-14(21)17(22-19(24)27)23-20(28)29-9-13-6-4-5-7-13/h8,10,13,15-16,18H,4-7,9H2,1-3H3,(H,22,23,27,28)/t10-,15-,16-,18-/m1/s1. The molecule has 0 unspecified atom stereocenters. The number of aromatic nitrogens is 2. The molecule has 1 N–H and O–H groups in total. The Labute approximate surface area is 198 Å². The van der Waals surface area contributed by atoms with Crippen molar-refractivity contribution in [3.8, 4) is 0 Å². The summed E-state index contributed by atoms with van der Waals surface area (Å²) in [4.78, 5) is 51.9. The average molecular weight is 563 g/mol. The van der Waals surface area contributed by atoms with Gasteiger partial charge in [0.1, 0.15) is 0 Å². The van der Waals surface area contributed by atoms with Crippen molar-refractivity contribution < 1.29 is 33.3 Å². The van der Waals surface area contributed by atoms with E-state index in [4.69, 9.17) is 18.9 Å². The van der Waals surface area contributed by atoms with Gasteiger partial charge < -0.3 is 18.9 Å². The number of anilines is 1. The fourth-order valence-electron chi connectivity index (χ4n) is 3.92. The molecule has 1 saturated carbocycles. The van der Waals surface area contributed by atoms with Crippen molar-refractivity contribution in [3.63, 3.8) is 0 Å². The highest BCUT2D eigenvalue weighted by molar-refractivity contribution is 14.1. The lowest BCUT2D eigenvalue weighted by molar-refractivity contribution is -0.165. The predicted molar refractivity (Wildman–Crippen MR) is 119 cm³/mol. The summed E-state index contributed by atoms with van der Waals surface area (Å²) in [6.07, 6.45) is 1.46. The molecule has 12 heteroatoms. The summed E-state index contributed by atoms with van der Waals surface area (Å²) in [5.74, 6) is -0.770. The van der Waals surface area contributed by atoms with Crippen molar-refractivity contribution in [2.75, 3.05) is 11.9 Å². The number of amides is 1. The van der Waals surface area contributed by atoms with Crippen LogP contribution in [0.1, 0.15) is 52.7 Å². The Morgan fingerprint density at radius 1 is 1.19 bits per heavy atom. The van der Waals surface area contributed by atoms with Crippen molar-refractivity contribution in [2.24, 2.45) is 5.92 Å². The van der Waals surface area contributed by atoms with Crippen molar-refractivity contribution in [3.05, 3.63) is 20.3 Å². The number of rotatable bonds is 6. The van der Waals surface area contributed by atoms with Gasteiger partial charge in [0.25, 0.3) is 0 Å². The van der Waals surface area contributed by atoms with E-state index in [2.05, 4.69) is 10.3 Å². The van der Waals surface area contributed by atoms with Crippen molar-refractivity contribution in [1.29, 1.82) is 0 Å². The highest BCUT2D eigenvalue weighted by Gasteiger charge is 2.48. The molecule has 2 aliphatic rings. The van der Waals surface area contributed by atoms with Gasteiger partial charge in [-0.15, -0.1) is 0 Å². The van der Waals surface area contributed by atoms with E-state index in [-0.39, 0.29) is 5.82 Å². The van der Waals surface area contributed by atoms with Crippen LogP contribution in [0.4, 0.5) is 10.6 Å². The Balaban J connectivity index is 1.76. The van der Waals surface area contributed by atoms with Crippen molar-refractivity contribution in [1.82, 2.24) is 9.55 Å². The smallest absolute Gasteiger partial charge is 0.412 e. The van der Waals surface area contributed by atoms with Gasteiger partial charge in [-0.2, -0.15) is 4.98 Å². The molecule has 2 fully saturated rings. The summed E-state index contributed by atoms with van der Waals surface area (Å²) in [5, 5.41) is 2.49. The van der Waals surface area contributed by atoms with Crippen LogP contribution in [0, 0.1) is 9.49 Å². The summed E-state index contributed by atoms with van der Waals surface area (Å²) in [6, 6.07) is 0. The average Bonchev–Trinajstić information content (AvgIpc) is 3.32. The van der Waals surface area contributed by atoms with Crippen LogP contribution in [0.25, 0.3) is 0 Å². The Morgan fingerprint density at radius 3 is 2.44 bits per heavy atom. The summed E-state index contributed by atoms with van der Waals surface area (Å²) in [6.45, 7) is 4.41. The molecule has 1 aliphatic heterocycles. The Bertz CT molecular complexity index is 930. The quantitative estimate of drug-likeness (QED) is 0.315. The zero-order valence-electron chi connectivity index (χ0n) is 18.0. The molecule has 176 valence electrons. The van der Waals surface area contributed by atoms with E-state index in [1.165, 1.54) is 20.0 Å². The summed E-state index contributed by atoms with van der Waals surface area (Å²) in [5.41, 5.74) is -0.741. The van der Waals surface area contributed by atoms with Crippen LogP contribution in [0.5, 0.6) is 0 Å². The van der Waals surface area contributed by atoms with E-state index in [1.807, 2.05) is 22.6 Å². The summed E-state index contributed by atoms with van der Waals surface area (Å²) in [7, 11) is 0. The molecular formula is C20H26IN3O8. The normalized spacial score (nSPS) is 25.4. The number of carbonyl (C=O) groups excluding carboxylic acids is 3. The van der Waals surface area contributed by atoms with Gasteiger partial charge in [-0.25, -0.2) is 9.59 Å². The van der Waals surface area contributed by atoms with Gasteiger partial charge in [0.15, 0.2) is 24.3 Å². The largest absolute Gasteiger partial charge is 0.456 e. The molecule has 0 spiro atoms. The van der Waals surface area contributed by atoms with Crippen LogP contribution in [-0.4, -0.2) is 52.5 Å². The molecule has 2 heterocycles. The first-order chi connectivity index (χ1) is 15.2. The van der Waals surface area contributed by atoms with E-state index >= 15 is 0 Å². The lowest BCUT2D eigenvalue weighted by atomic mass is 10.1. The summed E-state index contributed by atoms with van der Waals surface area (Å²) >= 11 is 1.91. The minimum Gasteiger partial charge on any atom is -0.456 e. The number of nitrogens with zero attached hydrogens (tertiary/aromatic N) is 2. The second-order valence-corrected chi connectivity index (χ2v) is 9.04. The maximum Gasteiger partial charge on any atom is 0.412 e.